The van der Waals surface area contributed by atoms with E-state index in [9.17, 15) is 0 Å². The van der Waals surface area contributed by atoms with Crippen LogP contribution in [-0.4, -0.2) is 19.3 Å². The first kappa shape index (κ1) is 17.7. The predicted molar refractivity (Wildman–Crippen MR) is 101 cm³/mol. The van der Waals surface area contributed by atoms with Crippen molar-refractivity contribution >= 4 is 6.21 Å². The molecule has 0 atom stereocenters. The third-order valence-corrected chi connectivity index (χ3v) is 4.71. The smallest absolute Gasteiger partial charge is 0.0918 e. The lowest BCUT2D eigenvalue weighted by Crippen LogP contribution is -2.36. The van der Waals surface area contributed by atoms with Crippen molar-refractivity contribution in [3.05, 3.63) is 53.5 Å². The first-order chi connectivity index (χ1) is 11.3. The van der Waals surface area contributed by atoms with E-state index in [0.29, 0.717) is 0 Å². The van der Waals surface area contributed by atoms with Crippen molar-refractivity contribution in [1.82, 2.24) is 5.32 Å². The molecule has 2 aliphatic heterocycles. The molecule has 2 nitrogen and oxygen atoms in total. The maximum atomic E-state index is 4.77. The molecule has 0 aromatic carbocycles. The third kappa shape index (κ3) is 5.20. The van der Waals surface area contributed by atoms with Gasteiger partial charge < -0.3 is 5.32 Å². The largest absolute Gasteiger partial charge is 0.317 e. The second-order valence-electron chi connectivity index (χ2n) is 6.31. The van der Waals surface area contributed by atoms with Crippen LogP contribution in [0.5, 0.6) is 0 Å². The average Bonchev–Trinajstić information content (AvgIpc) is 2.55. The zero-order chi connectivity index (χ0) is 16.4. The summed E-state index contributed by atoms with van der Waals surface area (Å²) < 4.78 is 0. The summed E-state index contributed by atoms with van der Waals surface area (Å²) in [6.45, 7) is 6.38. The van der Waals surface area contributed by atoms with Crippen molar-refractivity contribution in [1.29, 1.82) is 0 Å². The zero-order valence-electron chi connectivity index (χ0n) is 14.6. The lowest BCUT2D eigenvalue weighted by molar-refractivity contribution is 0.321. The van der Waals surface area contributed by atoms with E-state index in [1.165, 1.54) is 5.57 Å². The van der Waals surface area contributed by atoms with Gasteiger partial charge >= 0.3 is 0 Å². The minimum absolute atomic E-state index is 0.0474. The molecule has 0 spiro atoms. The highest BCUT2D eigenvalue weighted by Crippen LogP contribution is 2.39. The Morgan fingerprint density at radius 2 is 2.04 bits per heavy atom. The van der Waals surface area contributed by atoms with Crippen LogP contribution in [0, 0.1) is 5.41 Å². The summed E-state index contributed by atoms with van der Waals surface area (Å²) in [5, 5.41) is 3.47. The number of unbranched alkanes of at least 4 members (excludes halogenated alkanes) is 1. The summed E-state index contributed by atoms with van der Waals surface area (Å²) in [4.78, 5) is 4.77. The van der Waals surface area contributed by atoms with Crippen molar-refractivity contribution in [2.45, 2.75) is 52.4 Å². The molecule has 1 fully saturated rings. The van der Waals surface area contributed by atoms with Crippen LogP contribution in [-0.2, 0) is 0 Å². The SMILES string of the molecule is C/C=C\CC/C=C/C1(C2=C=CC/C(CC)=C\C=N2)CCNCC1. The first-order valence-corrected chi connectivity index (χ1v) is 8.98. The van der Waals surface area contributed by atoms with Gasteiger partial charge in [0.1, 0.15) is 0 Å². The maximum Gasteiger partial charge on any atom is 0.0918 e. The zero-order valence-corrected chi connectivity index (χ0v) is 14.6. The van der Waals surface area contributed by atoms with Crippen LogP contribution in [0.1, 0.15) is 52.4 Å². The Morgan fingerprint density at radius 3 is 2.78 bits per heavy atom. The number of hydrogen-bond donors (Lipinski definition) is 1. The lowest BCUT2D eigenvalue weighted by Gasteiger charge is -2.34. The van der Waals surface area contributed by atoms with Crippen molar-refractivity contribution in [2.75, 3.05) is 13.1 Å². The summed E-state index contributed by atoms with van der Waals surface area (Å²) >= 11 is 0. The van der Waals surface area contributed by atoms with Gasteiger partial charge in [0.15, 0.2) is 0 Å². The van der Waals surface area contributed by atoms with E-state index in [1.54, 1.807) is 0 Å². The highest BCUT2D eigenvalue weighted by molar-refractivity contribution is 5.73. The normalized spacial score (nSPS) is 23.6. The summed E-state index contributed by atoms with van der Waals surface area (Å²) in [7, 11) is 0. The van der Waals surface area contributed by atoms with Crippen LogP contribution < -0.4 is 5.32 Å². The summed E-state index contributed by atoms with van der Waals surface area (Å²) in [6, 6.07) is 0. The summed E-state index contributed by atoms with van der Waals surface area (Å²) in [5.74, 6) is 0. The Bertz CT molecular complexity index is 548. The molecule has 23 heavy (non-hydrogen) atoms. The molecule has 2 heteroatoms. The molecule has 0 aromatic heterocycles. The van der Waals surface area contributed by atoms with Gasteiger partial charge in [-0.25, -0.2) is 0 Å². The highest BCUT2D eigenvalue weighted by atomic mass is 14.9. The number of nitrogens with zero attached hydrogens (tertiary/aromatic N) is 1. The predicted octanol–water partition coefficient (Wildman–Crippen LogP) is 5.12. The van der Waals surface area contributed by atoms with Crippen molar-refractivity contribution in [2.24, 2.45) is 10.4 Å². The van der Waals surface area contributed by atoms with Gasteiger partial charge in [0, 0.05) is 11.6 Å². The second kappa shape index (κ2) is 9.50. The van der Waals surface area contributed by atoms with Crippen LogP contribution >= 0.6 is 0 Å². The molecule has 0 radical (unpaired) electrons. The van der Waals surface area contributed by atoms with Gasteiger partial charge in [0.2, 0.25) is 0 Å². The average molecular weight is 310 g/mol. The molecular weight excluding hydrogens is 280 g/mol. The van der Waals surface area contributed by atoms with E-state index in [-0.39, 0.29) is 5.41 Å². The molecule has 2 rings (SSSR count). The van der Waals surface area contributed by atoms with Gasteiger partial charge in [-0.1, -0.05) is 36.8 Å². The maximum absolute atomic E-state index is 4.77. The van der Waals surface area contributed by atoms with E-state index in [1.807, 2.05) is 6.21 Å². The van der Waals surface area contributed by atoms with E-state index < -0.39 is 0 Å². The summed E-state index contributed by atoms with van der Waals surface area (Å²) in [6.07, 6.45) is 21.9. The number of hydrogen-bond acceptors (Lipinski definition) is 2. The Morgan fingerprint density at radius 1 is 1.26 bits per heavy atom. The second-order valence-corrected chi connectivity index (χ2v) is 6.31. The number of aliphatic imine (C=N–C) groups is 1. The van der Waals surface area contributed by atoms with Crippen LogP contribution in [0.15, 0.2) is 58.4 Å². The molecule has 0 aliphatic carbocycles. The Kier molecular flexibility index (Phi) is 7.32. The van der Waals surface area contributed by atoms with Gasteiger partial charge in [0.25, 0.3) is 0 Å². The number of allylic oxidation sites excluding steroid dienone is 6. The van der Waals surface area contributed by atoms with Crippen molar-refractivity contribution in [3.8, 4) is 0 Å². The van der Waals surface area contributed by atoms with Crippen LogP contribution in [0.4, 0.5) is 0 Å². The van der Waals surface area contributed by atoms with Gasteiger partial charge in [-0.15, -0.1) is 5.73 Å². The highest BCUT2D eigenvalue weighted by Gasteiger charge is 2.33. The van der Waals surface area contributed by atoms with Crippen LogP contribution in [0.2, 0.25) is 0 Å². The molecule has 0 amide bonds. The fraction of sp³-hybridized carbons (Fsp3) is 0.524. The fourth-order valence-corrected chi connectivity index (χ4v) is 3.16. The van der Waals surface area contributed by atoms with E-state index in [4.69, 9.17) is 4.99 Å². The molecule has 2 aliphatic rings. The third-order valence-electron chi connectivity index (χ3n) is 4.71. The van der Waals surface area contributed by atoms with E-state index in [0.717, 1.165) is 57.3 Å². The van der Waals surface area contributed by atoms with Crippen LogP contribution in [0.25, 0.3) is 0 Å². The summed E-state index contributed by atoms with van der Waals surface area (Å²) in [5.41, 5.74) is 6.08. The quantitative estimate of drug-likeness (QED) is 0.411. The lowest BCUT2D eigenvalue weighted by atomic mass is 9.75. The Balaban J connectivity index is 2.19. The number of piperidine rings is 1. The molecule has 0 aromatic rings. The monoisotopic (exact) mass is 310 g/mol. The minimum Gasteiger partial charge on any atom is -0.317 e. The van der Waals surface area contributed by atoms with Gasteiger partial charge in [-0.3, -0.25) is 4.99 Å². The fourth-order valence-electron chi connectivity index (χ4n) is 3.16. The molecule has 0 unspecified atom stereocenters. The van der Waals surface area contributed by atoms with E-state index in [2.05, 4.69) is 61.4 Å². The van der Waals surface area contributed by atoms with Gasteiger partial charge in [0.05, 0.1) is 5.70 Å². The van der Waals surface area contributed by atoms with Crippen molar-refractivity contribution in [3.63, 3.8) is 0 Å². The van der Waals surface area contributed by atoms with Crippen molar-refractivity contribution < 1.29 is 0 Å². The topological polar surface area (TPSA) is 24.4 Å². The molecule has 1 saturated heterocycles. The minimum atomic E-state index is 0.0474. The first-order valence-electron chi connectivity index (χ1n) is 8.98. The standard InChI is InChI=1S/C21H30N2/c1-3-5-6-7-8-13-21(14-17-22-18-15-21)20-11-9-10-19(4-2)12-16-23-20/h3,5,8-9,12-13,16,22H,4,6-7,10,14-15,17-18H2,1-2H3/b5-3-,13-8+,19-12-,23-16?. The van der Waals surface area contributed by atoms with Gasteiger partial charge in [-0.2, -0.15) is 0 Å². The Hall–Kier alpha value is -1.63. The van der Waals surface area contributed by atoms with E-state index >= 15 is 0 Å². The molecular formula is C21H30N2. The molecule has 1 N–H and O–H groups in total. The van der Waals surface area contributed by atoms with Crippen LogP contribution in [0.3, 0.4) is 0 Å². The number of rotatable bonds is 6. The van der Waals surface area contributed by atoms with Gasteiger partial charge in [-0.05, 0) is 70.7 Å². The number of nitrogens with one attached hydrogen (secondary N) is 1. The molecule has 2 heterocycles. The molecule has 0 bridgehead atoms. The molecule has 124 valence electrons. The molecule has 0 saturated carbocycles. The Labute approximate surface area is 141 Å².